The van der Waals surface area contributed by atoms with Gasteiger partial charge in [-0.1, -0.05) is 41.1 Å². The number of halogens is 1. The second kappa shape index (κ2) is 8.65. The van der Waals surface area contributed by atoms with Gasteiger partial charge in [-0.05, 0) is 24.6 Å². The average Bonchev–Trinajstić information content (AvgIpc) is 3.16. The fourth-order valence-electron chi connectivity index (χ4n) is 2.75. The first-order chi connectivity index (χ1) is 13.5. The molecule has 0 saturated heterocycles. The van der Waals surface area contributed by atoms with Crippen molar-refractivity contribution in [1.82, 2.24) is 15.0 Å². The molecule has 3 rings (SSSR count). The van der Waals surface area contributed by atoms with E-state index in [1.807, 2.05) is 31.2 Å². The van der Waals surface area contributed by atoms with Crippen molar-refractivity contribution >= 4 is 5.91 Å². The molecular weight excluding hydrogens is 361 g/mol. The Hall–Kier alpha value is -3.22. The maximum absolute atomic E-state index is 13.8. The highest BCUT2D eigenvalue weighted by atomic mass is 19.1. The molecule has 0 saturated carbocycles. The maximum atomic E-state index is 13.8. The van der Waals surface area contributed by atoms with Gasteiger partial charge in [-0.3, -0.25) is 4.79 Å². The number of aryl methyl sites for hydroxylation is 2. The molecular formula is C21H22FN3O3. The third-order valence-corrected chi connectivity index (χ3v) is 4.39. The largest absolute Gasteiger partial charge is 0.494 e. The zero-order valence-corrected chi connectivity index (χ0v) is 16.1. The molecule has 0 N–H and O–H groups in total. The summed E-state index contributed by atoms with van der Waals surface area (Å²) in [5.41, 5.74) is 2.71. The summed E-state index contributed by atoms with van der Waals surface area (Å²) in [5.74, 6) is 0.553. The highest BCUT2D eigenvalue weighted by Gasteiger charge is 2.14. The van der Waals surface area contributed by atoms with Crippen LogP contribution in [0.25, 0.3) is 11.4 Å². The lowest BCUT2D eigenvalue weighted by Crippen LogP contribution is -2.26. The maximum Gasteiger partial charge on any atom is 0.227 e. The number of benzene rings is 2. The predicted molar refractivity (Wildman–Crippen MR) is 102 cm³/mol. The van der Waals surface area contributed by atoms with E-state index in [1.54, 1.807) is 24.1 Å². The summed E-state index contributed by atoms with van der Waals surface area (Å²) >= 11 is 0. The topological polar surface area (TPSA) is 68.5 Å². The van der Waals surface area contributed by atoms with Crippen LogP contribution < -0.4 is 4.74 Å². The van der Waals surface area contributed by atoms with Crippen molar-refractivity contribution in [2.75, 3.05) is 14.2 Å². The minimum Gasteiger partial charge on any atom is -0.494 e. The van der Waals surface area contributed by atoms with E-state index in [0.29, 0.717) is 30.2 Å². The van der Waals surface area contributed by atoms with E-state index in [-0.39, 0.29) is 18.1 Å². The molecule has 146 valence electrons. The number of hydrogen-bond donors (Lipinski definition) is 0. The molecule has 0 fully saturated rings. The Balaban J connectivity index is 1.55. The van der Waals surface area contributed by atoms with Crippen LogP contribution in [-0.2, 0) is 17.8 Å². The molecule has 2 aromatic carbocycles. The first kappa shape index (κ1) is 19.5. The fourth-order valence-corrected chi connectivity index (χ4v) is 2.75. The van der Waals surface area contributed by atoms with Crippen molar-refractivity contribution in [3.63, 3.8) is 0 Å². The van der Waals surface area contributed by atoms with Crippen molar-refractivity contribution in [2.24, 2.45) is 0 Å². The zero-order valence-electron chi connectivity index (χ0n) is 16.1. The summed E-state index contributed by atoms with van der Waals surface area (Å²) in [6.07, 6.45) is 0.573. The summed E-state index contributed by atoms with van der Waals surface area (Å²) in [7, 11) is 3.09. The Kier molecular flexibility index (Phi) is 6.03. The van der Waals surface area contributed by atoms with E-state index < -0.39 is 5.82 Å². The number of ether oxygens (including phenoxy) is 1. The number of rotatable bonds is 7. The van der Waals surface area contributed by atoms with Crippen LogP contribution in [0.3, 0.4) is 0 Å². The Bertz CT molecular complexity index is 954. The summed E-state index contributed by atoms with van der Waals surface area (Å²) in [4.78, 5) is 18.2. The predicted octanol–water partition coefficient (Wildman–Crippen LogP) is 3.78. The van der Waals surface area contributed by atoms with Gasteiger partial charge < -0.3 is 14.2 Å². The Morgan fingerprint density at radius 3 is 2.64 bits per heavy atom. The molecule has 3 aromatic rings. The van der Waals surface area contributed by atoms with Crippen LogP contribution in [-0.4, -0.2) is 35.1 Å². The first-order valence-corrected chi connectivity index (χ1v) is 8.92. The number of hydrogen-bond acceptors (Lipinski definition) is 5. The summed E-state index contributed by atoms with van der Waals surface area (Å²) < 4.78 is 23.9. The third kappa shape index (κ3) is 4.73. The van der Waals surface area contributed by atoms with Gasteiger partial charge in [0.15, 0.2) is 11.6 Å². The number of nitrogens with zero attached hydrogens (tertiary/aromatic N) is 3. The lowest BCUT2D eigenvalue weighted by Gasteiger charge is -2.17. The van der Waals surface area contributed by atoms with Crippen molar-refractivity contribution < 1.29 is 18.4 Å². The fraction of sp³-hybridized carbons (Fsp3) is 0.286. The molecule has 1 heterocycles. The molecule has 0 atom stereocenters. The number of methoxy groups -OCH3 is 1. The van der Waals surface area contributed by atoms with E-state index in [0.717, 1.165) is 11.1 Å². The standard InChI is InChI=1S/C21H22FN3O3/c1-14-4-7-16(8-5-14)21-23-19(28-24-21)10-11-20(26)25(2)13-15-6-9-18(27-3)17(22)12-15/h4-9,12H,10-11,13H2,1-3H3. The molecule has 0 aliphatic carbocycles. The molecule has 0 radical (unpaired) electrons. The highest BCUT2D eigenvalue weighted by Crippen LogP contribution is 2.19. The van der Waals surface area contributed by atoms with E-state index in [2.05, 4.69) is 10.1 Å². The SMILES string of the molecule is COc1ccc(CN(C)C(=O)CCc2nc(-c3ccc(C)cc3)no2)cc1F. The molecule has 7 heteroatoms. The van der Waals surface area contributed by atoms with Crippen LogP contribution in [0.5, 0.6) is 5.75 Å². The van der Waals surface area contributed by atoms with Crippen LogP contribution in [0.15, 0.2) is 47.0 Å². The van der Waals surface area contributed by atoms with Gasteiger partial charge in [0.25, 0.3) is 0 Å². The van der Waals surface area contributed by atoms with E-state index in [1.165, 1.54) is 13.2 Å². The molecule has 28 heavy (non-hydrogen) atoms. The van der Waals surface area contributed by atoms with Crippen LogP contribution >= 0.6 is 0 Å². The van der Waals surface area contributed by atoms with Gasteiger partial charge in [0.1, 0.15) is 0 Å². The molecule has 0 aliphatic rings. The number of carbonyl (C=O) groups excluding carboxylic acids is 1. The Morgan fingerprint density at radius 1 is 1.21 bits per heavy atom. The molecule has 6 nitrogen and oxygen atoms in total. The van der Waals surface area contributed by atoms with Crippen molar-refractivity contribution in [2.45, 2.75) is 26.3 Å². The van der Waals surface area contributed by atoms with Crippen LogP contribution in [0.4, 0.5) is 4.39 Å². The van der Waals surface area contributed by atoms with Gasteiger partial charge in [0.2, 0.25) is 17.6 Å². The van der Waals surface area contributed by atoms with E-state index >= 15 is 0 Å². The second-order valence-corrected chi connectivity index (χ2v) is 6.60. The smallest absolute Gasteiger partial charge is 0.227 e. The molecule has 0 unspecified atom stereocenters. The van der Waals surface area contributed by atoms with Gasteiger partial charge in [0.05, 0.1) is 7.11 Å². The third-order valence-electron chi connectivity index (χ3n) is 4.39. The van der Waals surface area contributed by atoms with Gasteiger partial charge >= 0.3 is 0 Å². The Labute approximate surface area is 162 Å². The second-order valence-electron chi connectivity index (χ2n) is 6.60. The van der Waals surface area contributed by atoms with Gasteiger partial charge in [-0.2, -0.15) is 4.98 Å². The normalized spacial score (nSPS) is 10.7. The summed E-state index contributed by atoms with van der Waals surface area (Å²) in [5, 5.41) is 3.97. The Morgan fingerprint density at radius 2 is 1.96 bits per heavy atom. The van der Waals surface area contributed by atoms with Crippen molar-refractivity contribution in [3.05, 3.63) is 65.3 Å². The number of aromatic nitrogens is 2. The monoisotopic (exact) mass is 383 g/mol. The molecule has 0 bridgehead atoms. The molecule has 1 aromatic heterocycles. The zero-order chi connectivity index (χ0) is 20.1. The summed E-state index contributed by atoms with van der Waals surface area (Å²) in [6.45, 7) is 2.31. The highest BCUT2D eigenvalue weighted by molar-refractivity contribution is 5.76. The van der Waals surface area contributed by atoms with Gasteiger partial charge in [0, 0.05) is 32.0 Å². The minimum absolute atomic E-state index is 0.0914. The van der Waals surface area contributed by atoms with E-state index in [9.17, 15) is 9.18 Å². The van der Waals surface area contributed by atoms with Crippen LogP contribution in [0.2, 0.25) is 0 Å². The quantitative estimate of drug-likeness (QED) is 0.621. The minimum atomic E-state index is -0.449. The number of amides is 1. The van der Waals surface area contributed by atoms with Crippen molar-refractivity contribution in [3.8, 4) is 17.1 Å². The molecule has 0 spiro atoms. The van der Waals surface area contributed by atoms with Crippen LogP contribution in [0.1, 0.15) is 23.4 Å². The number of carbonyl (C=O) groups is 1. The lowest BCUT2D eigenvalue weighted by atomic mass is 10.1. The van der Waals surface area contributed by atoms with Crippen LogP contribution in [0, 0.1) is 12.7 Å². The molecule has 1 amide bonds. The first-order valence-electron chi connectivity index (χ1n) is 8.92. The average molecular weight is 383 g/mol. The lowest BCUT2D eigenvalue weighted by molar-refractivity contribution is -0.130. The van der Waals surface area contributed by atoms with E-state index in [4.69, 9.17) is 9.26 Å². The molecule has 0 aliphatic heterocycles. The summed E-state index contributed by atoms with van der Waals surface area (Å²) in [6, 6.07) is 12.5. The van der Waals surface area contributed by atoms with Crippen molar-refractivity contribution in [1.29, 1.82) is 0 Å². The van der Waals surface area contributed by atoms with Gasteiger partial charge in [-0.15, -0.1) is 0 Å². The van der Waals surface area contributed by atoms with Gasteiger partial charge in [-0.25, -0.2) is 4.39 Å².